The van der Waals surface area contributed by atoms with Crippen LogP contribution in [0.1, 0.15) is 52.1 Å². The first kappa shape index (κ1) is 27.5. The van der Waals surface area contributed by atoms with E-state index in [-0.39, 0.29) is 12.3 Å². The molecule has 1 atom stereocenters. The summed E-state index contributed by atoms with van der Waals surface area (Å²) in [4.78, 5) is 24.1. The number of nitriles is 1. The van der Waals surface area contributed by atoms with Crippen LogP contribution < -0.4 is 5.32 Å². The van der Waals surface area contributed by atoms with Crippen LogP contribution in [0.2, 0.25) is 5.02 Å². The Kier molecular flexibility index (Phi) is 8.43. The Morgan fingerprint density at radius 3 is 2.64 bits per heavy atom. The fourth-order valence-corrected chi connectivity index (χ4v) is 6.58. The van der Waals surface area contributed by atoms with Crippen LogP contribution in [0.25, 0.3) is 5.00 Å². The molecule has 11 heteroatoms. The van der Waals surface area contributed by atoms with Crippen molar-refractivity contribution in [1.82, 2.24) is 29.9 Å². The maximum Gasteiger partial charge on any atom is 0.222 e. The monoisotopic (exact) mass is 564 g/mol. The first-order chi connectivity index (χ1) is 18.9. The van der Waals surface area contributed by atoms with Gasteiger partial charge in [0.25, 0.3) is 0 Å². The molecule has 4 heterocycles. The van der Waals surface area contributed by atoms with E-state index in [1.54, 1.807) is 11.3 Å². The van der Waals surface area contributed by atoms with Gasteiger partial charge in [0.15, 0.2) is 5.82 Å². The molecule has 1 N–H and O–H groups in total. The summed E-state index contributed by atoms with van der Waals surface area (Å²) in [6, 6.07) is 9.35. The topological polar surface area (TPSA) is 102 Å². The van der Waals surface area contributed by atoms with Crippen LogP contribution in [-0.4, -0.2) is 82.5 Å². The third-order valence-electron chi connectivity index (χ3n) is 7.40. The number of fused-ring (bicyclic) bond motifs is 3. The second-order valence-electron chi connectivity index (χ2n) is 10.2. The number of hydrogen-bond acceptors (Lipinski definition) is 8. The number of carbonyl (C=O) groups excluding carboxylic acids is 1. The molecule has 0 aliphatic carbocycles. The van der Waals surface area contributed by atoms with Gasteiger partial charge in [0, 0.05) is 53.8 Å². The first-order valence-corrected chi connectivity index (χ1v) is 14.5. The minimum atomic E-state index is -0.507. The Morgan fingerprint density at radius 1 is 1.18 bits per heavy atom. The van der Waals surface area contributed by atoms with Crippen molar-refractivity contribution in [3.05, 3.63) is 62.5 Å². The highest BCUT2D eigenvalue weighted by molar-refractivity contribution is 7.15. The predicted molar refractivity (Wildman–Crippen MR) is 154 cm³/mol. The summed E-state index contributed by atoms with van der Waals surface area (Å²) in [5, 5.41) is 22.9. The van der Waals surface area contributed by atoms with Crippen molar-refractivity contribution < 1.29 is 4.79 Å². The second kappa shape index (κ2) is 12.0. The lowest BCUT2D eigenvalue weighted by atomic mass is 9.99. The average molecular weight is 565 g/mol. The molecular formula is C28H33ClN8OS. The number of piperazine rings is 1. The lowest BCUT2D eigenvalue weighted by Crippen LogP contribution is -2.45. The van der Waals surface area contributed by atoms with Gasteiger partial charge in [-0.05, 0) is 51.6 Å². The van der Waals surface area contributed by atoms with Crippen molar-refractivity contribution in [2.24, 2.45) is 4.99 Å². The van der Waals surface area contributed by atoms with E-state index in [1.165, 1.54) is 0 Å². The van der Waals surface area contributed by atoms with Crippen LogP contribution >= 0.6 is 22.9 Å². The average Bonchev–Trinajstić information content (AvgIpc) is 3.41. The summed E-state index contributed by atoms with van der Waals surface area (Å²) in [6.07, 6.45) is 1.39. The molecule has 0 saturated carbocycles. The van der Waals surface area contributed by atoms with Gasteiger partial charge in [-0.2, -0.15) is 5.26 Å². The standard InChI is InChI=1S/C28H33ClN8OS/c1-18-23(9-10-30)39-28-25(18)26(20-5-7-21(29)8-6-20)32-22(27-34-33-19(2)37(27)28)17-24(38)31-11-4-12-36-15-13-35(3)14-16-36/h5-8,22H,4,9,11-17H2,1-3H3,(H,31,38)/t22-/m0/s1. The number of nitrogens with zero attached hydrogens (tertiary/aromatic N) is 7. The van der Waals surface area contributed by atoms with Crippen LogP contribution in [0.5, 0.6) is 0 Å². The lowest BCUT2D eigenvalue weighted by molar-refractivity contribution is -0.121. The van der Waals surface area contributed by atoms with Crippen molar-refractivity contribution in [3.63, 3.8) is 0 Å². The van der Waals surface area contributed by atoms with Gasteiger partial charge in [-0.1, -0.05) is 23.7 Å². The fourth-order valence-electron chi connectivity index (χ4n) is 5.16. The van der Waals surface area contributed by atoms with Crippen LogP contribution in [0, 0.1) is 25.2 Å². The van der Waals surface area contributed by atoms with Gasteiger partial charge in [0.2, 0.25) is 5.91 Å². The predicted octanol–water partition coefficient (Wildman–Crippen LogP) is 3.70. The van der Waals surface area contributed by atoms with Gasteiger partial charge in [0.05, 0.1) is 24.6 Å². The maximum atomic E-state index is 13.1. The zero-order valence-corrected chi connectivity index (χ0v) is 24.1. The molecule has 0 bridgehead atoms. The number of carbonyl (C=O) groups is 1. The normalized spacial score (nSPS) is 17.6. The highest BCUT2D eigenvalue weighted by Gasteiger charge is 2.32. The molecular weight excluding hydrogens is 532 g/mol. The largest absolute Gasteiger partial charge is 0.356 e. The van der Waals surface area contributed by atoms with Crippen molar-refractivity contribution >= 4 is 34.6 Å². The first-order valence-electron chi connectivity index (χ1n) is 13.3. The molecule has 5 rings (SSSR count). The Labute approximate surface area is 238 Å². The number of aromatic nitrogens is 3. The number of aryl methyl sites for hydroxylation is 1. The van der Waals surface area contributed by atoms with E-state index in [9.17, 15) is 10.1 Å². The van der Waals surface area contributed by atoms with Crippen molar-refractivity contribution in [2.75, 3.05) is 46.3 Å². The smallest absolute Gasteiger partial charge is 0.222 e. The number of hydrogen-bond donors (Lipinski definition) is 1. The van der Waals surface area contributed by atoms with Crippen LogP contribution in [0.3, 0.4) is 0 Å². The molecule has 0 unspecified atom stereocenters. The molecule has 1 aromatic carbocycles. The number of halogens is 1. The summed E-state index contributed by atoms with van der Waals surface area (Å²) in [5.74, 6) is 1.30. The second-order valence-corrected chi connectivity index (χ2v) is 11.7. The van der Waals surface area contributed by atoms with Crippen molar-refractivity contribution in [1.29, 1.82) is 5.26 Å². The zero-order chi connectivity index (χ0) is 27.5. The molecule has 9 nitrogen and oxygen atoms in total. The minimum absolute atomic E-state index is 0.0584. The molecule has 1 amide bonds. The molecule has 39 heavy (non-hydrogen) atoms. The van der Waals surface area contributed by atoms with Gasteiger partial charge >= 0.3 is 0 Å². The van der Waals surface area contributed by atoms with E-state index in [0.29, 0.717) is 23.8 Å². The van der Waals surface area contributed by atoms with Gasteiger partial charge in [-0.3, -0.25) is 14.4 Å². The number of aliphatic imine (C=N–C) groups is 1. The van der Waals surface area contributed by atoms with Gasteiger partial charge in [0.1, 0.15) is 16.9 Å². The molecule has 2 aromatic heterocycles. The fraction of sp³-hybridized carbons (Fsp3) is 0.464. The molecule has 204 valence electrons. The van der Waals surface area contributed by atoms with E-state index in [0.717, 1.165) is 77.2 Å². The molecule has 0 spiro atoms. The summed E-state index contributed by atoms with van der Waals surface area (Å²) in [5.41, 5.74) is 3.64. The number of amides is 1. The maximum absolute atomic E-state index is 13.1. The summed E-state index contributed by atoms with van der Waals surface area (Å²) in [7, 11) is 2.15. The molecule has 2 aliphatic rings. The van der Waals surface area contributed by atoms with Crippen LogP contribution in [0.15, 0.2) is 29.3 Å². The van der Waals surface area contributed by atoms with E-state index >= 15 is 0 Å². The lowest BCUT2D eigenvalue weighted by Gasteiger charge is -2.32. The van der Waals surface area contributed by atoms with E-state index in [1.807, 2.05) is 42.7 Å². The molecule has 1 saturated heterocycles. The molecule has 0 radical (unpaired) electrons. The Hall–Kier alpha value is -3.10. The van der Waals surface area contributed by atoms with Crippen molar-refractivity contribution in [3.8, 4) is 11.1 Å². The van der Waals surface area contributed by atoms with Gasteiger partial charge in [-0.25, -0.2) is 0 Å². The highest BCUT2D eigenvalue weighted by atomic mass is 35.5. The molecule has 2 aliphatic heterocycles. The van der Waals surface area contributed by atoms with Gasteiger partial charge in [-0.15, -0.1) is 21.5 Å². The summed E-state index contributed by atoms with van der Waals surface area (Å²) < 4.78 is 2.01. The van der Waals surface area contributed by atoms with Gasteiger partial charge < -0.3 is 15.1 Å². The summed E-state index contributed by atoms with van der Waals surface area (Å²) in [6.45, 7) is 9.86. The quantitative estimate of drug-likeness (QED) is 0.419. The zero-order valence-electron chi connectivity index (χ0n) is 22.6. The Bertz CT molecular complexity index is 1410. The van der Waals surface area contributed by atoms with E-state index in [2.05, 4.69) is 38.4 Å². The Morgan fingerprint density at radius 2 is 1.92 bits per heavy atom. The number of nitrogens with one attached hydrogen (secondary N) is 1. The van der Waals surface area contributed by atoms with Crippen LogP contribution in [0.4, 0.5) is 0 Å². The number of benzene rings is 1. The van der Waals surface area contributed by atoms with Crippen molar-refractivity contribution in [2.45, 2.75) is 39.2 Å². The van der Waals surface area contributed by atoms with Crippen LogP contribution in [-0.2, 0) is 11.2 Å². The number of thiophene rings is 1. The van der Waals surface area contributed by atoms with E-state index < -0.39 is 6.04 Å². The highest BCUT2D eigenvalue weighted by Crippen LogP contribution is 2.40. The number of likely N-dealkylation sites (N-methyl/N-ethyl adjacent to an activating group) is 1. The molecule has 1 fully saturated rings. The van der Waals surface area contributed by atoms with E-state index in [4.69, 9.17) is 16.6 Å². The SMILES string of the molecule is Cc1c(CC#N)sc2c1C(c1ccc(Cl)cc1)=N[C@@H](CC(=O)NCCCN1CCN(C)CC1)c1nnc(C)n1-2. The minimum Gasteiger partial charge on any atom is -0.356 e. The third-order valence-corrected chi connectivity index (χ3v) is 8.93. The third kappa shape index (κ3) is 5.92. The summed E-state index contributed by atoms with van der Waals surface area (Å²) >= 11 is 7.76. The molecule has 3 aromatic rings. The Balaban J connectivity index is 1.41. The number of rotatable bonds is 8.